The van der Waals surface area contributed by atoms with Gasteiger partial charge in [-0.2, -0.15) is 0 Å². The van der Waals surface area contributed by atoms with E-state index in [2.05, 4.69) is 68.1 Å². The number of hydrogen-bond donors (Lipinski definition) is 0. The minimum absolute atomic E-state index is 0.210. The van der Waals surface area contributed by atoms with Crippen molar-refractivity contribution < 1.29 is 0 Å². The molecule has 0 radical (unpaired) electrons. The Labute approximate surface area is 135 Å². The highest BCUT2D eigenvalue weighted by molar-refractivity contribution is 8.01. The molecule has 2 aromatic carbocycles. The molecule has 0 saturated carbocycles. The minimum Gasteiger partial charge on any atom is -0.145 e. The summed E-state index contributed by atoms with van der Waals surface area (Å²) in [6.07, 6.45) is 2.61. The zero-order valence-electron chi connectivity index (χ0n) is 12.6. The van der Waals surface area contributed by atoms with Gasteiger partial charge in [0.1, 0.15) is 0 Å². The lowest BCUT2D eigenvalue weighted by Crippen LogP contribution is -2.25. The lowest BCUT2D eigenvalue weighted by molar-refractivity contribution is 0.654. The van der Waals surface area contributed by atoms with E-state index in [4.69, 9.17) is 0 Å². The molecule has 1 fully saturated rings. The summed E-state index contributed by atoms with van der Waals surface area (Å²) in [4.78, 5) is 2.92. The van der Waals surface area contributed by atoms with E-state index < -0.39 is 0 Å². The summed E-state index contributed by atoms with van der Waals surface area (Å²) in [7, 11) is 0. The second kappa shape index (κ2) is 5.10. The molecule has 1 spiro atoms. The Bertz CT molecular complexity index is 682. The van der Waals surface area contributed by atoms with Crippen molar-refractivity contribution in [3.8, 4) is 0 Å². The molecular weight excluding hydrogens is 292 g/mol. The molecule has 2 heterocycles. The number of fused-ring (bicyclic) bond motifs is 4. The van der Waals surface area contributed by atoms with Crippen LogP contribution in [0.1, 0.15) is 49.3 Å². The van der Waals surface area contributed by atoms with Gasteiger partial charge in [-0.05, 0) is 53.3 Å². The Morgan fingerprint density at radius 1 is 1.00 bits per heavy atom. The van der Waals surface area contributed by atoms with E-state index in [0.717, 1.165) is 0 Å². The van der Waals surface area contributed by atoms with Crippen molar-refractivity contribution in [2.24, 2.45) is 0 Å². The Morgan fingerprint density at radius 3 is 2.57 bits per heavy atom. The molecule has 2 heteroatoms. The van der Waals surface area contributed by atoms with Crippen LogP contribution >= 0.6 is 23.5 Å². The van der Waals surface area contributed by atoms with E-state index in [1.807, 2.05) is 11.8 Å². The predicted octanol–water partition coefficient (Wildman–Crippen LogP) is 6.05. The molecule has 2 aromatic rings. The molecule has 0 aromatic heterocycles. The second-order valence-electron chi connectivity index (χ2n) is 6.29. The summed E-state index contributed by atoms with van der Waals surface area (Å²) in [6, 6.07) is 16.2. The lowest BCUT2D eigenvalue weighted by Gasteiger charge is -2.37. The van der Waals surface area contributed by atoms with Crippen LogP contribution in [0.25, 0.3) is 0 Å². The summed E-state index contributed by atoms with van der Waals surface area (Å²) in [5.74, 6) is 1.88. The largest absolute Gasteiger partial charge is 0.145 e. The highest BCUT2D eigenvalue weighted by atomic mass is 32.2. The van der Waals surface area contributed by atoms with Crippen LogP contribution in [-0.4, -0.2) is 5.75 Å². The van der Waals surface area contributed by atoms with E-state index in [9.17, 15) is 0 Å². The molecule has 0 N–H and O–H groups in total. The second-order valence-corrected chi connectivity index (χ2v) is 8.77. The third kappa shape index (κ3) is 2.07. The summed E-state index contributed by atoms with van der Waals surface area (Å²) in [5, 5.41) is 0. The highest BCUT2D eigenvalue weighted by Crippen LogP contribution is 2.59. The van der Waals surface area contributed by atoms with Crippen LogP contribution < -0.4 is 0 Å². The number of rotatable bonds is 1. The van der Waals surface area contributed by atoms with Gasteiger partial charge < -0.3 is 0 Å². The SMILES string of the molecule is CC(C)c1ccc2c(c1)C1(CCCS1)c1ccccc1S2. The third-order valence-corrected chi connectivity index (χ3v) is 7.45. The van der Waals surface area contributed by atoms with Crippen molar-refractivity contribution in [1.82, 2.24) is 0 Å². The highest BCUT2D eigenvalue weighted by Gasteiger charge is 2.44. The average Bonchev–Trinajstić information content (AvgIpc) is 2.98. The van der Waals surface area contributed by atoms with E-state index >= 15 is 0 Å². The van der Waals surface area contributed by atoms with Crippen molar-refractivity contribution in [3.63, 3.8) is 0 Å². The Hall–Kier alpha value is -0.860. The van der Waals surface area contributed by atoms with Crippen molar-refractivity contribution in [1.29, 1.82) is 0 Å². The van der Waals surface area contributed by atoms with Crippen molar-refractivity contribution >= 4 is 23.5 Å². The molecule has 4 rings (SSSR count). The molecule has 2 aliphatic heterocycles. The molecular formula is C19H20S2. The maximum atomic E-state index is 2.49. The van der Waals surface area contributed by atoms with Gasteiger partial charge in [0.15, 0.2) is 0 Å². The van der Waals surface area contributed by atoms with E-state index in [1.165, 1.54) is 33.9 Å². The summed E-state index contributed by atoms with van der Waals surface area (Å²) in [5.41, 5.74) is 4.59. The van der Waals surface area contributed by atoms with E-state index in [-0.39, 0.29) is 4.75 Å². The van der Waals surface area contributed by atoms with Crippen LogP contribution in [0, 0.1) is 0 Å². The first-order valence-electron chi connectivity index (χ1n) is 7.76. The fourth-order valence-electron chi connectivity index (χ4n) is 3.53. The van der Waals surface area contributed by atoms with Crippen LogP contribution in [0.15, 0.2) is 52.3 Å². The van der Waals surface area contributed by atoms with Crippen LogP contribution in [0.4, 0.5) is 0 Å². The standard InChI is InChI=1S/C19H20S2/c1-13(2)14-8-9-18-16(12-14)19(10-5-11-20-19)15-6-3-4-7-17(15)21-18/h3-4,6-9,12-13H,5,10-11H2,1-2H3. The first kappa shape index (κ1) is 13.8. The summed E-state index contributed by atoms with van der Waals surface area (Å²) < 4.78 is 0.210. The van der Waals surface area contributed by atoms with Gasteiger partial charge in [0, 0.05) is 9.79 Å². The zero-order valence-corrected chi connectivity index (χ0v) is 14.2. The topological polar surface area (TPSA) is 0 Å². The van der Waals surface area contributed by atoms with Crippen LogP contribution in [-0.2, 0) is 4.75 Å². The van der Waals surface area contributed by atoms with Crippen molar-refractivity contribution in [3.05, 3.63) is 59.2 Å². The van der Waals surface area contributed by atoms with Gasteiger partial charge in [-0.25, -0.2) is 0 Å². The van der Waals surface area contributed by atoms with Gasteiger partial charge in [-0.3, -0.25) is 0 Å². The van der Waals surface area contributed by atoms with E-state index in [1.54, 1.807) is 11.1 Å². The maximum absolute atomic E-state index is 2.49. The smallest absolute Gasteiger partial charge is 0.0679 e. The Kier molecular flexibility index (Phi) is 3.35. The maximum Gasteiger partial charge on any atom is 0.0679 e. The first-order valence-corrected chi connectivity index (χ1v) is 9.57. The molecule has 0 nitrogen and oxygen atoms in total. The molecule has 108 valence electrons. The predicted molar refractivity (Wildman–Crippen MR) is 93.6 cm³/mol. The Balaban J connectivity index is 1.95. The van der Waals surface area contributed by atoms with Gasteiger partial charge in [-0.15, -0.1) is 11.8 Å². The van der Waals surface area contributed by atoms with Crippen LogP contribution in [0.5, 0.6) is 0 Å². The van der Waals surface area contributed by atoms with Crippen LogP contribution in [0.3, 0.4) is 0 Å². The van der Waals surface area contributed by atoms with Gasteiger partial charge in [0.05, 0.1) is 4.75 Å². The molecule has 1 saturated heterocycles. The molecule has 0 amide bonds. The zero-order chi connectivity index (χ0) is 14.4. The molecule has 1 atom stereocenters. The molecule has 0 bridgehead atoms. The lowest BCUT2D eigenvalue weighted by atomic mass is 9.84. The number of hydrogen-bond acceptors (Lipinski definition) is 2. The summed E-state index contributed by atoms with van der Waals surface area (Å²) >= 11 is 4.11. The van der Waals surface area contributed by atoms with Crippen molar-refractivity contribution in [2.75, 3.05) is 5.75 Å². The minimum atomic E-state index is 0.210. The monoisotopic (exact) mass is 312 g/mol. The van der Waals surface area contributed by atoms with Crippen LogP contribution in [0.2, 0.25) is 0 Å². The third-order valence-electron chi connectivity index (χ3n) is 4.67. The van der Waals surface area contributed by atoms with Gasteiger partial charge in [-0.1, -0.05) is 55.9 Å². The van der Waals surface area contributed by atoms with E-state index in [0.29, 0.717) is 5.92 Å². The molecule has 2 aliphatic rings. The van der Waals surface area contributed by atoms with Gasteiger partial charge >= 0.3 is 0 Å². The Morgan fingerprint density at radius 2 is 1.81 bits per heavy atom. The molecule has 21 heavy (non-hydrogen) atoms. The molecule has 0 aliphatic carbocycles. The molecule has 1 unspecified atom stereocenters. The van der Waals surface area contributed by atoms with Gasteiger partial charge in [0.25, 0.3) is 0 Å². The fourth-order valence-corrected chi connectivity index (χ4v) is 6.46. The number of benzene rings is 2. The normalized spacial score (nSPS) is 23.4. The first-order chi connectivity index (χ1) is 10.2. The summed E-state index contributed by atoms with van der Waals surface area (Å²) in [6.45, 7) is 4.58. The van der Waals surface area contributed by atoms with Gasteiger partial charge in [0.2, 0.25) is 0 Å². The average molecular weight is 313 g/mol. The number of thioether (sulfide) groups is 1. The van der Waals surface area contributed by atoms with Crippen molar-refractivity contribution in [2.45, 2.75) is 47.1 Å². The fraction of sp³-hybridized carbons (Fsp3) is 0.368. The quantitative estimate of drug-likeness (QED) is 0.629.